The average Bonchev–Trinajstić information content (AvgIpc) is 2.53. The summed E-state index contributed by atoms with van der Waals surface area (Å²) in [5, 5.41) is 13.3. The number of nitrogens with one attached hydrogen (secondary N) is 1. The first kappa shape index (κ1) is 14.7. The lowest BCUT2D eigenvalue weighted by molar-refractivity contribution is -0.384. The highest BCUT2D eigenvalue weighted by Crippen LogP contribution is 2.13. The standard InChI is InChI=1S/C15H15N3O3/c16-14(12-4-2-1-3-5-12)15(19)17-10-11-6-8-13(9-7-11)18(20)21/h1-9,14H,10,16H2,(H,17,19). The number of nitrogens with zero attached hydrogens (tertiary/aromatic N) is 1. The summed E-state index contributed by atoms with van der Waals surface area (Å²) in [7, 11) is 0. The Morgan fingerprint density at radius 3 is 2.33 bits per heavy atom. The smallest absolute Gasteiger partial charge is 0.269 e. The van der Waals surface area contributed by atoms with E-state index in [1.54, 1.807) is 24.3 Å². The molecule has 108 valence electrons. The van der Waals surface area contributed by atoms with E-state index in [9.17, 15) is 14.9 Å². The van der Waals surface area contributed by atoms with Crippen molar-refractivity contribution in [1.29, 1.82) is 0 Å². The number of hydrogen-bond donors (Lipinski definition) is 2. The van der Waals surface area contributed by atoms with Crippen molar-refractivity contribution >= 4 is 11.6 Å². The molecule has 2 aromatic carbocycles. The van der Waals surface area contributed by atoms with Crippen LogP contribution in [0.25, 0.3) is 0 Å². The predicted octanol–water partition coefficient (Wildman–Crippen LogP) is 1.91. The minimum absolute atomic E-state index is 0.0195. The third-order valence-corrected chi connectivity index (χ3v) is 3.06. The zero-order valence-corrected chi connectivity index (χ0v) is 11.2. The number of amides is 1. The highest BCUT2D eigenvalue weighted by molar-refractivity contribution is 5.82. The summed E-state index contributed by atoms with van der Waals surface area (Å²) in [4.78, 5) is 22.0. The van der Waals surface area contributed by atoms with Crippen LogP contribution in [0.5, 0.6) is 0 Å². The number of benzene rings is 2. The fourth-order valence-electron chi connectivity index (χ4n) is 1.85. The number of nitrogens with two attached hydrogens (primary N) is 1. The lowest BCUT2D eigenvalue weighted by Crippen LogP contribution is -2.33. The number of non-ortho nitro benzene ring substituents is 1. The number of nitro benzene ring substituents is 1. The van der Waals surface area contributed by atoms with E-state index in [0.717, 1.165) is 11.1 Å². The van der Waals surface area contributed by atoms with Gasteiger partial charge in [0.05, 0.1) is 4.92 Å². The molecular formula is C15H15N3O3. The Kier molecular flexibility index (Phi) is 4.63. The molecule has 0 radical (unpaired) electrons. The van der Waals surface area contributed by atoms with Gasteiger partial charge in [0, 0.05) is 18.7 Å². The maximum absolute atomic E-state index is 11.9. The molecule has 3 N–H and O–H groups in total. The van der Waals surface area contributed by atoms with Gasteiger partial charge >= 0.3 is 0 Å². The zero-order chi connectivity index (χ0) is 15.2. The summed E-state index contributed by atoms with van der Waals surface area (Å²) in [6, 6.07) is 14.3. The topological polar surface area (TPSA) is 98.3 Å². The van der Waals surface area contributed by atoms with E-state index in [0.29, 0.717) is 0 Å². The van der Waals surface area contributed by atoms with E-state index in [4.69, 9.17) is 5.73 Å². The van der Waals surface area contributed by atoms with Crippen LogP contribution in [-0.2, 0) is 11.3 Å². The Morgan fingerprint density at radius 2 is 1.76 bits per heavy atom. The summed E-state index contributed by atoms with van der Waals surface area (Å²) in [5.41, 5.74) is 7.39. The molecule has 0 heterocycles. The van der Waals surface area contributed by atoms with Crippen LogP contribution >= 0.6 is 0 Å². The first-order valence-corrected chi connectivity index (χ1v) is 6.39. The summed E-state index contributed by atoms with van der Waals surface area (Å²) >= 11 is 0. The molecule has 21 heavy (non-hydrogen) atoms. The van der Waals surface area contributed by atoms with Crippen LogP contribution in [0.4, 0.5) is 5.69 Å². The summed E-state index contributed by atoms with van der Waals surface area (Å²) in [5.74, 6) is -0.292. The Hall–Kier alpha value is -2.73. The highest BCUT2D eigenvalue weighted by Gasteiger charge is 2.14. The minimum atomic E-state index is -0.732. The van der Waals surface area contributed by atoms with Crippen LogP contribution in [0.3, 0.4) is 0 Å². The van der Waals surface area contributed by atoms with Crippen molar-refractivity contribution in [1.82, 2.24) is 5.32 Å². The molecular weight excluding hydrogens is 270 g/mol. The lowest BCUT2D eigenvalue weighted by atomic mass is 10.1. The van der Waals surface area contributed by atoms with E-state index in [2.05, 4.69) is 5.32 Å². The third-order valence-electron chi connectivity index (χ3n) is 3.06. The second kappa shape index (κ2) is 6.62. The number of hydrogen-bond acceptors (Lipinski definition) is 4. The lowest BCUT2D eigenvalue weighted by Gasteiger charge is -2.12. The molecule has 0 saturated heterocycles. The van der Waals surface area contributed by atoms with Gasteiger partial charge in [-0.25, -0.2) is 0 Å². The van der Waals surface area contributed by atoms with E-state index < -0.39 is 11.0 Å². The first-order valence-electron chi connectivity index (χ1n) is 6.39. The fourth-order valence-corrected chi connectivity index (χ4v) is 1.85. The summed E-state index contributed by atoms with van der Waals surface area (Å²) < 4.78 is 0. The van der Waals surface area contributed by atoms with Crippen LogP contribution in [0.15, 0.2) is 54.6 Å². The van der Waals surface area contributed by atoms with Crippen molar-refractivity contribution < 1.29 is 9.72 Å². The molecule has 0 aliphatic carbocycles. The minimum Gasteiger partial charge on any atom is -0.350 e. The van der Waals surface area contributed by atoms with Gasteiger partial charge in [-0.3, -0.25) is 14.9 Å². The summed E-state index contributed by atoms with van der Waals surface area (Å²) in [6.07, 6.45) is 0. The van der Waals surface area contributed by atoms with E-state index in [1.165, 1.54) is 12.1 Å². The fraction of sp³-hybridized carbons (Fsp3) is 0.133. The Morgan fingerprint density at radius 1 is 1.14 bits per heavy atom. The molecule has 0 bridgehead atoms. The van der Waals surface area contributed by atoms with Gasteiger partial charge in [-0.1, -0.05) is 42.5 Å². The molecule has 0 aliphatic heterocycles. The molecule has 1 amide bonds. The van der Waals surface area contributed by atoms with Gasteiger partial charge in [0.15, 0.2) is 0 Å². The maximum Gasteiger partial charge on any atom is 0.269 e. The predicted molar refractivity (Wildman–Crippen MR) is 78.3 cm³/mol. The number of carbonyl (C=O) groups excluding carboxylic acids is 1. The second-order valence-corrected chi connectivity index (χ2v) is 4.53. The molecule has 0 aliphatic rings. The monoisotopic (exact) mass is 285 g/mol. The van der Waals surface area contributed by atoms with Gasteiger partial charge in [0.25, 0.3) is 5.69 Å². The highest BCUT2D eigenvalue weighted by atomic mass is 16.6. The van der Waals surface area contributed by atoms with Crippen molar-refractivity contribution in [3.63, 3.8) is 0 Å². The van der Waals surface area contributed by atoms with Crippen LogP contribution in [0.2, 0.25) is 0 Å². The van der Waals surface area contributed by atoms with Crippen molar-refractivity contribution in [3.8, 4) is 0 Å². The van der Waals surface area contributed by atoms with Gasteiger partial charge in [0.1, 0.15) is 6.04 Å². The van der Waals surface area contributed by atoms with E-state index >= 15 is 0 Å². The van der Waals surface area contributed by atoms with Crippen molar-refractivity contribution in [3.05, 3.63) is 75.8 Å². The molecule has 0 aromatic heterocycles. The average molecular weight is 285 g/mol. The van der Waals surface area contributed by atoms with Crippen molar-refractivity contribution in [2.24, 2.45) is 5.73 Å². The van der Waals surface area contributed by atoms with Crippen molar-refractivity contribution in [2.75, 3.05) is 0 Å². The zero-order valence-electron chi connectivity index (χ0n) is 11.2. The van der Waals surface area contributed by atoms with Gasteiger partial charge in [-0.15, -0.1) is 0 Å². The number of nitro groups is 1. The van der Waals surface area contributed by atoms with Crippen molar-refractivity contribution in [2.45, 2.75) is 12.6 Å². The number of carbonyl (C=O) groups is 1. The molecule has 1 atom stereocenters. The summed E-state index contributed by atoms with van der Waals surface area (Å²) in [6.45, 7) is 0.275. The first-order chi connectivity index (χ1) is 10.1. The Bertz CT molecular complexity index is 626. The maximum atomic E-state index is 11.9. The quantitative estimate of drug-likeness (QED) is 0.647. The van der Waals surface area contributed by atoms with Gasteiger partial charge in [-0.05, 0) is 11.1 Å². The van der Waals surface area contributed by atoms with Crippen LogP contribution < -0.4 is 11.1 Å². The van der Waals surface area contributed by atoms with E-state index in [-0.39, 0.29) is 18.1 Å². The van der Waals surface area contributed by atoms with Gasteiger partial charge in [0.2, 0.25) is 5.91 Å². The largest absolute Gasteiger partial charge is 0.350 e. The molecule has 6 heteroatoms. The van der Waals surface area contributed by atoms with Crippen LogP contribution in [-0.4, -0.2) is 10.8 Å². The van der Waals surface area contributed by atoms with E-state index in [1.807, 2.05) is 18.2 Å². The molecule has 0 fully saturated rings. The van der Waals surface area contributed by atoms with Gasteiger partial charge in [-0.2, -0.15) is 0 Å². The number of rotatable bonds is 5. The molecule has 2 aromatic rings. The molecule has 1 unspecified atom stereocenters. The second-order valence-electron chi connectivity index (χ2n) is 4.53. The van der Waals surface area contributed by atoms with Crippen LogP contribution in [0, 0.1) is 10.1 Å². The normalized spacial score (nSPS) is 11.7. The Balaban J connectivity index is 1.93. The van der Waals surface area contributed by atoms with Gasteiger partial charge < -0.3 is 11.1 Å². The SMILES string of the molecule is NC(C(=O)NCc1ccc([N+](=O)[O-])cc1)c1ccccc1. The van der Waals surface area contributed by atoms with Crippen LogP contribution in [0.1, 0.15) is 17.2 Å². The molecule has 0 spiro atoms. The molecule has 2 rings (SSSR count). The third kappa shape index (κ3) is 3.87. The molecule has 0 saturated carbocycles. The molecule has 6 nitrogen and oxygen atoms in total. The Labute approximate surface area is 121 Å².